The Morgan fingerprint density at radius 1 is 1.25 bits per heavy atom. The second-order valence-electron chi connectivity index (χ2n) is 3.90. The molecule has 1 aromatic rings. The summed E-state index contributed by atoms with van der Waals surface area (Å²) in [6.07, 6.45) is 3.00. The van der Waals surface area contributed by atoms with Gasteiger partial charge in [-0.2, -0.15) is 10.3 Å². The zero-order chi connectivity index (χ0) is 18.8. The molecule has 0 heterocycles. The van der Waals surface area contributed by atoms with Gasteiger partial charge in [-0.3, -0.25) is 4.79 Å². The monoisotopic (exact) mass is 335 g/mol. The Hall–Kier alpha value is -2.55. The van der Waals surface area contributed by atoms with Crippen molar-refractivity contribution in [1.82, 2.24) is 4.90 Å². The lowest BCUT2D eigenvalue weighted by Gasteiger charge is -2.18. The maximum Gasteiger partial charge on any atom is 0.325 e. The van der Waals surface area contributed by atoms with E-state index in [1.165, 1.54) is 6.34 Å². The van der Waals surface area contributed by atoms with Crippen molar-refractivity contribution in [3.63, 3.8) is 0 Å². The molecule has 0 radical (unpaired) electrons. The van der Waals surface area contributed by atoms with Gasteiger partial charge in [-0.05, 0) is 24.6 Å². The molecule has 0 aliphatic carbocycles. The molecule has 0 bridgehead atoms. The zero-order valence-electron chi connectivity index (χ0n) is 15.6. The Morgan fingerprint density at radius 3 is 2.29 bits per heavy atom. The molecule has 0 spiro atoms. The second kappa shape index (κ2) is 16.8. The molecule has 0 aliphatic rings. The van der Waals surface area contributed by atoms with E-state index in [2.05, 4.69) is 4.99 Å². The van der Waals surface area contributed by atoms with E-state index in [4.69, 9.17) is 14.7 Å². The number of nitrogens with zero attached hydrogens (tertiary/aromatic N) is 3. The second-order valence-corrected chi connectivity index (χ2v) is 3.90. The normalized spacial score (nSPS) is 8.88. The summed E-state index contributed by atoms with van der Waals surface area (Å²) in [7, 11) is 1.60. The fourth-order valence-corrected chi connectivity index (χ4v) is 1.58. The fourth-order valence-electron chi connectivity index (χ4n) is 1.58. The minimum Gasteiger partial charge on any atom is -0.497 e. The van der Waals surface area contributed by atoms with Gasteiger partial charge in [0, 0.05) is 6.54 Å². The molecule has 0 saturated heterocycles. The zero-order valence-corrected chi connectivity index (χ0v) is 15.6. The Kier molecular flexibility index (Phi) is 16.6. The quantitative estimate of drug-likeness (QED) is 0.329. The van der Waals surface area contributed by atoms with Crippen molar-refractivity contribution in [3.05, 3.63) is 29.8 Å². The lowest BCUT2D eigenvalue weighted by Crippen LogP contribution is -2.29. The van der Waals surface area contributed by atoms with Crippen LogP contribution in [0.4, 0.5) is 0 Å². The van der Waals surface area contributed by atoms with Crippen LogP contribution in [-0.2, 0) is 16.1 Å². The van der Waals surface area contributed by atoms with Crippen molar-refractivity contribution in [1.29, 1.82) is 5.26 Å². The smallest absolute Gasteiger partial charge is 0.325 e. The molecule has 0 amide bonds. The third-order valence-corrected chi connectivity index (χ3v) is 2.46. The summed E-state index contributed by atoms with van der Waals surface area (Å²) in [5.41, 5.74) is 0.972. The highest BCUT2D eigenvalue weighted by Crippen LogP contribution is 2.12. The number of hydrogen-bond donors (Lipinski definition) is 0. The number of carbonyl (C=O) groups excluding carboxylic acids is 1. The summed E-state index contributed by atoms with van der Waals surface area (Å²) in [4.78, 5) is 16.6. The molecule has 0 aromatic heterocycles. The van der Waals surface area contributed by atoms with E-state index in [0.717, 1.165) is 11.3 Å². The summed E-state index contributed by atoms with van der Waals surface area (Å²) in [5.74, 6) is 0.404. The molecule has 0 atom stereocenters. The molecule has 1 rings (SSSR count). The van der Waals surface area contributed by atoms with Gasteiger partial charge < -0.3 is 14.4 Å². The molecular weight excluding hydrogens is 306 g/mol. The van der Waals surface area contributed by atoms with Crippen LogP contribution >= 0.6 is 0 Å². The average Bonchev–Trinajstić information content (AvgIpc) is 2.64. The molecular formula is C18H29N3O3. The third-order valence-electron chi connectivity index (χ3n) is 2.46. The van der Waals surface area contributed by atoms with Gasteiger partial charge in [0.1, 0.15) is 18.6 Å². The number of carbonyl (C=O) groups is 1. The van der Waals surface area contributed by atoms with Gasteiger partial charge in [0.05, 0.1) is 13.7 Å². The molecule has 24 heavy (non-hydrogen) atoms. The van der Waals surface area contributed by atoms with Gasteiger partial charge in [-0.15, -0.1) is 0 Å². The summed E-state index contributed by atoms with van der Waals surface area (Å²) in [6, 6.07) is 7.44. The van der Waals surface area contributed by atoms with Crippen LogP contribution in [0, 0.1) is 11.5 Å². The van der Waals surface area contributed by atoms with Crippen molar-refractivity contribution in [3.8, 4) is 11.9 Å². The Labute approximate surface area is 145 Å². The van der Waals surface area contributed by atoms with Crippen LogP contribution in [0.3, 0.4) is 0 Å². The summed E-state index contributed by atoms with van der Waals surface area (Å²) >= 11 is 0. The van der Waals surface area contributed by atoms with Crippen molar-refractivity contribution < 1.29 is 14.3 Å². The predicted octanol–water partition coefficient (Wildman–Crippen LogP) is 3.62. The van der Waals surface area contributed by atoms with Crippen molar-refractivity contribution in [2.45, 2.75) is 41.2 Å². The number of methoxy groups -OCH3 is 1. The van der Waals surface area contributed by atoms with Gasteiger partial charge in [0.15, 0.2) is 0 Å². The van der Waals surface area contributed by atoms with E-state index >= 15 is 0 Å². The van der Waals surface area contributed by atoms with Crippen molar-refractivity contribution in [2.24, 2.45) is 4.99 Å². The first-order valence-corrected chi connectivity index (χ1v) is 8.14. The van der Waals surface area contributed by atoms with Crippen LogP contribution in [0.25, 0.3) is 0 Å². The maximum absolute atomic E-state index is 11.5. The summed E-state index contributed by atoms with van der Waals surface area (Å²) in [6.45, 7) is 10.6. The van der Waals surface area contributed by atoms with E-state index in [-0.39, 0.29) is 12.5 Å². The van der Waals surface area contributed by atoms with E-state index in [1.807, 2.05) is 52.0 Å². The molecule has 0 saturated carbocycles. The van der Waals surface area contributed by atoms with Gasteiger partial charge in [0.25, 0.3) is 0 Å². The predicted molar refractivity (Wildman–Crippen MR) is 96.8 cm³/mol. The number of rotatable bonds is 7. The molecule has 1 aromatic carbocycles. The lowest BCUT2D eigenvalue weighted by atomic mass is 10.2. The highest BCUT2D eigenvalue weighted by atomic mass is 16.5. The van der Waals surface area contributed by atoms with Crippen LogP contribution in [0.15, 0.2) is 29.3 Å². The Bertz CT molecular complexity index is 493. The van der Waals surface area contributed by atoms with Crippen molar-refractivity contribution >= 4 is 12.3 Å². The molecule has 0 fully saturated rings. The molecule has 6 nitrogen and oxygen atoms in total. The van der Waals surface area contributed by atoms with Crippen LogP contribution in [0.2, 0.25) is 0 Å². The van der Waals surface area contributed by atoms with Gasteiger partial charge in [0.2, 0.25) is 6.19 Å². The van der Waals surface area contributed by atoms with E-state index < -0.39 is 0 Å². The van der Waals surface area contributed by atoms with E-state index in [9.17, 15) is 4.79 Å². The summed E-state index contributed by atoms with van der Waals surface area (Å²) in [5, 5.41) is 8.48. The first kappa shape index (κ1) is 23.7. The minimum atomic E-state index is -0.356. The Balaban J connectivity index is 0. The fraction of sp³-hybridized carbons (Fsp3) is 0.500. The lowest BCUT2D eigenvalue weighted by molar-refractivity contribution is -0.143. The number of nitriles is 1. The first-order chi connectivity index (χ1) is 11.7. The standard InChI is InChI=1S/C14H17N3O3.2C2H6/c1-3-20-14(18)9-17(11-16-10-15)8-12-4-6-13(19-2)7-5-12;2*1-2/h4-7,11H,3,8-9H2,1-2H3;2*1-2H3. The topological polar surface area (TPSA) is 74.9 Å². The van der Waals surface area contributed by atoms with Crippen molar-refractivity contribution in [2.75, 3.05) is 20.3 Å². The number of aliphatic imine (C=N–C) groups is 1. The molecule has 0 N–H and O–H groups in total. The van der Waals surface area contributed by atoms with Crippen LogP contribution < -0.4 is 4.74 Å². The number of esters is 1. The van der Waals surface area contributed by atoms with Gasteiger partial charge >= 0.3 is 5.97 Å². The summed E-state index contributed by atoms with van der Waals surface area (Å²) < 4.78 is 9.96. The number of hydrogen-bond acceptors (Lipinski definition) is 5. The van der Waals surface area contributed by atoms with Crippen LogP contribution in [0.5, 0.6) is 5.75 Å². The van der Waals surface area contributed by atoms with Gasteiger partial charge in [-0.1, -0.05) is 39.8 Å². The van der Waals surface area contributed by atoms with Crippen LogP contribution in [0.1, 0.15) is 40.2 Å². The van der Waals surface area contributed by atoms with Gasteiger partial charge in [-0.25, -0.2) is 0 Å². The third kappa shape index (κ3) is 11.1. The Morgan fingerprint density at radius 2 is 1.83 bits per heavy atom. The molecule has 6 heteroatoms. The maximum atomic E-state index is 11.5. The SMILES string of the molecule is CC.CC.CCOC(=O)CN(C=NC#N)Cc1ccc(OC)cc1. The first-order valence-electron chi connectivity index (χ1n) is 8.14. The van der Waals surface area contributed by atoms with E-state index in [1.54, 1.807) is 25.1 Å². The molecule has 134 valence electrons. The average molecular weight is 335 g/mol. The highest BCUT2D eigenvalue weighted by Gasteiger charge is 2.09. The molecule has 0 aliphatic heterocycles. The molecule has 0 unspecified atom stereocenters. The number of ether oxygens (including phenoxy) is 2. The highest BCUT2D eigenvalue weighted by molar-refractivity contribution is 5.75. The van der Waals surface area contributed by atoms with E-state index in [0.29, 0.717) is 13.2 Å². The minimum absolute atomic E-state index is 0.0467. The largest absolute Gasteiger partial charge is 0.497 e. The number of benzene rings is 1. The van der Waals surface area contributed by atoms with Crippen LogP contribution in [-0.4, -0.2) is 37.5 Å².